The summed E-state index contributed by atoms with van der Waals surface area (Å²) in [5, 5.41) is 8.52. The van der Waals surface area contributed by atoms with E-state index in [-0.39, 0.29) is 12.2 Å². The number of pyridine rings is 1. The largest absolute Gasteiger partial charge is 0.493 e. The lowest BCUT2D eigenvalue weighted by Crippen LogP contribution is -2.35. The first-order valence-electron chi connectivity index (χ1n) is 8.84. The van der Waals surface area contributed by atoms with Gasteiger partial charge in [-0.2, -0.15) is 5.10 Å². The van der Waals surface area contributed by atoms with Gasteiger partial charge in [0.25, 0.3) is 11.8 Å². The molecule has 28 heavy (non-hydrogen) atoms. The monoisotopic (exact) mass is 376 g/mol. The minimum Gasteiger partial charge on any atom is -0.493 e. The number of nitrogens with zero attached hydrogens (tertiary/aromatic N) is 2. The molecule has 142 valence electrons. The number of nitrogens with one attached hydrogen (secondary N) is 2. The number of fused-ring (bicyclic) bond motifs is 1. The van der Waals surface area contributed by atoms with Crippen LogP contribution >= 0.6 is 0 Å². The molecule has 0 aliphatic heterocycles. The lowest BCUT2D eigenvalue weighted by molar-refractivity contribution is -0.120. The van der Waals surface area contributed by atoms with Gasteiger partial charge in [-0.3, -0.25) is 14.6 Å². The van der Waals surface area contributed by atoms with E-state index in [2.05, 4.69) is 20.8 Å². The number of ether oxygens (including phenoxy) is 1. The first-order chi connectivity index (χ1) is 13.7. The van der Waals surface area contributed by atoms with E-state index in [9.17, 15) is 9.59 Å². The molecule has 3 rings (SSSR count). The molecule has 0 aliphatic rings. The van der Waals surface area contributed by atoms with Gasteiger partial charge in [0.2, 0.25) is 0 Å². The van der Waals surface area contributed by atoms with Gasteiger partial charge in [-0.05, 0) is 35.9 Å². The molecule has 0 fully saturated rings. The highest BCUT2D eigenvalue weighted by molar-refractivity contribution is 6.02. The summed E-state index contributed by atoms with van der Waals surface area (Å²) < 4.78 is 5.66. The number of hydrogen-bond donors (Lipinski definition) is 2. The van der Waals surface area contributed by atoms with Crippen LogP contribution in [0.25, 0.3) is 10.8 Å². The Labute approximate surface area is 162 Å². The van der Waals surface area contributed by atoms with E-state index in [1.165, 1.54) is 6.20 Å². The highest BCUT2D eigenvalue weighted by Gasteiger charge is 2.09. The molecule has 0 saturated heterocycles. The number of hydrogen-bond acceptors (Lipinski definition) is 5. The number of carbonyl (C=O) groups excluding carboxylic acids is 2. The van der Waals surface area contributed by atoms with Crippen LogP contribution in [0.5, 0.6) is 5.75 Å². The summed E-state index contributed by atoms with van der Waals surface area (Å²) in [6, 6.07) is 16.7. The molecule has 0 saturated carbocycles. The molecule has 1 heterocycles. The molecule has 2 amide bonds. The summed E-state index contributed by atoms with van der Waals surface area (Å²) in [7, 11) is 0. The van der Waals surface area contributed by atoms with Gasteiger partial charge in [0.15, 0.2) is 0 Å². The van der Waals surface area contributed by atoms with Crippen molar-refractivity contribution in [3.05, 3.63) is 72.1 Å². The Kier molecular flexibility index (Phi) is 6.30. The van der Waals surface area contributed by atoms with Crippen molar-refractivity contribution in [1.82, 2.24) is 15.7 Å². The summed E-state index contributed by atoms with van der Waals surface area (Å²) in [5.41, 5.74) is 3.43. The lowest BCUT2D eigenvalue weighted by atomic mass is 10.0. The Morgan fingerprint density at radius 2 is 1.93 bits per heavy atom. The average molecular weight is 376 g/mol. The first-order valence-corrected chi connectivity index (χ1v) is 8.84. The van der Waals surface area contributed by atoms with Crippen LogP contribution in [0, 0.1) is 0 Å². The van der Waals surface area contributed by atoms with Crippen molar-refractivity contribution < 1.29 is 14.3 Å². The zero-order valence-corrected chi connectivity index (χ0v) is 15.4. The minimum atomic E-state index is -0.446. The predicted octanol–water partition coefficient (Wildman–Crippen LogP) is 2.51. The van der Waals surface area contributed by atoms with Crippen LogP contribution < -0.4 is 15.5 Å². The highest BCUT2D eigenvalue weighted by atomic mass is 16.5. The van der Waals surface area contributed by atoms with E-state index in [0.29, 0.717) is 12.4 Å². The molecular weight excluding hydrogens is 356 g/mol. The Balaban J connectivity index is 1.64. The molecular formula is C21H20N4O3. The van der Waals surface area contributed by atoms with E-state index in [1.54, 1.807) is 24.4 Å². The van der Waals surface area contributed by atoms with E-state index in [1.807, 2.05) is 43.3 Å². The number of hydrazone groups is 1. The Morgan fingerprint density at radius 3 is 2.71 bits per heavy atom. The second kappa shape index (κ2) is 9.27. The Morgan fingerprint density at radius 1 is 1.11 bits per heavy atom. The van der Waals surface area contributed by atoms with Gasteiger partial charge in [-0.1, -0.05) is 36.4 Å². The highest BCUT2D eigenvalue weighted by Crippen LogP contribution is 2.26. The molecule has 0 spiro atoms. The quantitative estimate of drug-likeness (QED) is 0.489. The summed E-state index contributed by atoms with van der Waals surface area (Å²) in [5.74, 6) is -0.186. The van der Waals surface area contributed by atoms with Crippen molar-refractivity contribution in [3.63, 3.8) is 0 Å². The second-order valence-corrected chi connectivity index (χ2v) is 5.82. The normalized spacial score (nSPS) is 10.8. The van der Waals surface area contributed by atoms with Crippen LogP contribution in [-0.2, 0) is 4.79 Å². The van der Waals surface area contributed by atoms with Gasteiger partial charge in [-0.25, -0.2) is 5.43 Å². The second-order valence-electron chi connectivity index (χ2n) is 5.82. The topological polar surface area (TPSA) is 92.7 Å². The fourth-order valence-electron chi connectivity index (χ4n) is 2.65. The van der Waals surface area contributed by atoms with Gasteiger partial charge < -0.3 is 10.1 Å². The molecule has 0 unspecified atom stereocenters. The maximum Gasteiger partial charge on any atom is 0.270 e. The van der Waals surface area contributed by atoms with Gasteiger partial charge >= 0.3 is 0 Å². The average Bonchev–Trinajstić information content (AvgIpc) is 2.74. The summed E-state index contributed by atoms with van der Waals surface area (Å²) in [6.07, 6.45) is 3.06. The molecule has 2 N–H and O–H groups in total. The van der Waals surface area contributed by atoms with E-state index in [4.69, 9.17) is 4.74 Å². The fraction of sp³-hybridized carbons (Fsp3) is 0.143. The third kappa shape index (κ3) is 4.70. The SMILES string of the molecule is CCOc1ccc2ccccc2c1/C=N/NC(=O)CNC(=O)c1ccccn1. The van der Waals surface area contributed by atoms with Gasteiger partial charge in [0, 0.05) is 11.8 Å². The van der Waals surface area contributed by atoms with Crippen molar-refractivity contribution in [2.45, 2.75) is 6.92 Å². The van der Waals surface area contributed by atoms with Crippen molar-refractivity contribution in [2.24, 2.45) is 5.10 Å². The maximum atomic E-state index is 12.0. The number of aromatic nitrogens is 1. The smallest absolute Gasteiger partial charge is 0.270 e. The maximum absolute atomic E-state index is 12.0. The van der Waals surface area contributed by atoms with Crippen LogP contribution in [0.1, 0.15) is 23.0 Å². The molecule has 0 bridgehead atoms. The van der Waals surface area contributed by atoms with Crippen LogP contribution in [0.2, 0.25) is 0 Å². The summed E-state index contributed by atoms with van der Waals surface area (Å²) in [4.78, 5) is 27.8. The molecule has 1 aromatic heterocycles. The fourth-order valence-corrected chi connectivity index (χ4v) is 2.65. The number of amides is 2. The third-order valence-electron chi connectivity index (χ3n) is 3.92. The van der Waals surface area contributed by atoms with Crippen molar-refractivity contribution in [3.8, 4) is 5.75 Å². The van der Waals surface area contributed by atoms with Crippen LogP contribution in [0.4, 0.5) is 0 Å². The van der Waals surface area contributed by atoms with Crippen LogP contribution in [0.15, 0.2) is 65.9 Å². The number of carbonyl (C=O) groups is 2. The zero-order valence-electron chi connectivity index (χ0n) is 15.4. The molecule has 2 aromatic carbocycles. The number of rotatable bonds is 7. The molecule has 0 atom stereocenters. The van der Waals surface area contributed by atoms with E-state index in [0.717, 1.165) is 16.3 Å². The molecule has 0 radical (unpaired) electrons. The lowest BCUT2D eigenvalue weighted by Gasteiger charge is -2.10. The van der Waals surface area contributed by atoms with E-state index < -0.39 is 11.8 Å². The predicted molar refractivity (Wildman–Crippen MR) is 107 cm³/mol. The van der Waals surface area contributed by atoms with Crippen molar-refractivity contribution in [2.75, 3.05) is 13.2 Å². The third-order valence-corrected chi connectivity index (χ3v) is 3.92. The van der Waals surface area contributed by atoms with Crippen molar-refractivity contribution >= 4 is 28.8 Å². The van der Waals surface area contributed by atoms with Crippen LogP contribution in [-0.4, -0.2) is 36.2 Å². The first kappa shape index (κ1) is 19.0. The molecule has 7 nitrogen and oxygen atoms in total. The molecule has 7 heteroatoms. The standard InChI is InChI=1S/C21H20N4O3/c1-2-28-19-11-10-15-7-3-4-8-16(15)17(19)13-24-25-20(26)14-23-21(27)18-9-5-6-12-22-18/h3-13H,2,14H2,1H3,(H,23,27)(H,25,26)/b24-13+. The summed E-state index contributed by atoms with van der Waals surface area (Å²) >= 11 is 0. The number of benzene rings is 2. The van der Waals surface area contributed by atoms with E-state index >= 15 is 0 Å². The van der Waals surface area contributed by atoms with Crippen molar-refractivity contribution in [1.29, 1.82) is 0 Å². The summed E-state index contributed by atoms with van der Waals surface area (Å²) in [6.45, 7) is 2.22. The zero-order chi connectivity index (χ0) is 19.8. The van der Waals surface area contributed by atoms with Gasteiger partial charge in [0.05, 0.1) is 19.4 Å². The van der Waals surface area contributed by atoms with Gasteiger partial charge in [0.1, 0.15) is 11.4 Å². The van der Waals surface area contributed by atoms with Crippen LogP contribution in [0.3, 0.4) is 0 Å². The Bertz CT molecular complexity index is 1000. The Hall–Kier alpha value is -3.74. The minimum absolute atomic E-state index is 0.208. The molecule has 0 aliphatic carbocycles. The van der Waals surface area contributed by atoms with Gasteiger partial charge in [-0.15, -0.1) is 0 Å². The molecule has 3 aromatic rings.